The minimum Gasteiger partial charge on any atom is -0.462 e. The summed E-state index contributed by atoms with van der Waals surface area (Å²) >= 11 is 0. The molecule has 0 heterocycles. The Hall–Kier alpha value is -2.90. The van der Waals surface area contributed by atoms with Crippen molar-refractivity contribution in [3.05, 3.63) is 85.1 Å². The number of esters is 2. The molecule has 1 fully saturated rings. The van der Waals surface area contributed by atoms with E-state index in [0.29, 0.717) is 12.8 Å². The fourth-order valence-electron chi connectivity index (χ4n) is 6.49. The highest BCUT2D eigenvalue weighted by atomic mass is 31.2. The Morgan fingerprint density at radius 2 is 1.10 bits per heavy atom. The van der Waals surface area contributed by atoms with E-state index in [2.05, 4.69) is 54.8 Å². The second kappa shape index (κ2) is 37.0. The van der Waals surface area contributed by atoms with Gasteiger partial charge in [0, 0.05) is 12.8 Å². The highest BCUT2D eigenvalue weighted by Crippen LogP contribution is 2.49. The highest BCUT2D eigenvalue weighted by Gasteiger charge is 2.54. The number of hydrogen-bond donors (Lipinski definition) is 9. The molecule has 5 unspecified atom stereocenters. The van der Waals surface area contributed by atoms with E-state index in [-0.39, 0.29) is 25.7 Å². The lowest BCUT2D eigenvalue weighted by Gasteiger charge is -2.43. The molecule has 0 aliphatic heterocycles. The van der Waals surface area contributed by atoms with E-state index in [4.69, 9.17) is 28.3 Å². The van der Waals surface area contributed by atoms with Gasteiger partial charge in [0.2, 0.25) is 0 Å². The van der Waals surface area contributed by atoms with Gasteiger partial charge in [0.25, 0.3) is 0 Å². The number of unbranched alkanes of at least 4 members (excludes halogenated alkanes) is 7. The van der Waals surface area contributed by atoms with E-state index in [0.717, 1.165) is 77.0 Å². The number of carbonyl (C=O) groups excluding carboxylic acids is 2. The maximum atomic E-state index is 13.0. The fraction of sp³-hybridized carbons (Fsp3) is 0.660. The van der Waals surface area contributed by atoms with Crippen LogP contribution in [0, 0.1) is 0 Å². The third-order valence-corrected chi connectivity index (χ3v) is 11.7. The van der Waals surface area contributed by atoms with Gasteiger partial charge >= 0.3 is 27.6 Å². The number of hydrogen-bond acceptors (Lipinski definition) is 15. The molecule has 0 spiro atoms. The lowest BCUT2D eigenvalue weighted by molar-refractivity contribution is -0.216. The third-order valence-electron chi connectivity index (χ3n) is 10.2. The zero-order valence-corrected chi connectivity index (χ0v) is 40.8. The van der Waals surface area contributed by atoms with Crippen LogP contribution in [0.5, 0.6) is 0 Å². The van der Waals surface area contributed by atoms with E-state index in [9.17, 15) is 54.3 Å². The van der Waals surface area contributed by atoms with Crippen molar-refractivity contribution < 1.29 is 87.1 Å². The van der Waals surface area contributed by atoms with E-state index in [1.165, 1.54) is 0 Å². The second-order valence-electron chi connectivity index (χ2n) is 16.1. The number of allylic oxidation sites excluding steroid dienone is 12. The van der Waals surface area contributed by atoms with Gasteiger partial charge in [0.15, 0.2) is 6.10 Å². The average Bonchev–Trinajstić information content (AvgIpc) is 3.27. The van der Waals surface area contributed by atoms with Crippen molar-refractivity contribution in [2.75, 3.05) is 13.2 Å². The van der Waals surface area contributed by atoms with E-state index in [1.54, 1.807) is 24.3 Å². The summed E-state index contributed by atoms with van der Waals surface area (Å²) < 4.78 is 49.2. The summed E-state index contributed by atoms with van der Waals surface area (Å²) in [7, 11) is -10.8. The maximum absolute atomic E-state index is 13.0. The first kappa shape index (κ1) is 62.1. The summed E-state index contributed by atoms with van der Waals surface area (Å²) in [6.45, 7) is 2.67. The summed E-state index contributed by atoms with van der Waals surface area (Å²) in [6, 6.07) is 0. The number of ether oxygens (including phenoxy) is 2. The van der Waals surface area contributed by atoms with Gasteiger partial charge in [-0.05, 0) is 64.2 Å². The number of phosphoric ester groups is 2. The van der Waals surface area contributed by atoms with Crippen molar-refractivity contribution in [2.24, 2.45) is 0 Å². The van der Waals surface area contributed by atoms with Crippen molar-refractivity contribution in [1.29, 1.82) is 0 Å². The first-order valence-corrected chi connectivity index (χ1v) is 26.4. The maximum Gasteiger partial charge on any atom is 0.472 e. The zero-order chi connectivity index (χ0) is 49.9. The SMILES string of the molecule is CC/C=C\C/C=C\C/C=C\CCCCCCCC(=O)O[C@H](COC(=O)CCC[C@@H](O)/C=C/C=C\C/C=C\C=C\[C@@H](O)CCCCC)COP(=O)(O)O[C@H]1C(O)C(O)C(O)[C@@H](OP(=O)(O)O)C1O. The molecule has 0 radical (unpaired) electrons. The van der Waals surface area contributed by atoms with Crippen LogP contribution in [0.1, 0.15) is 129 Å². The van der Waals surface area contributed by atoms with Gasteiger partial charge in [-0.1, -0.05) is 137 Å². The highest BCUT2D eigenvalue weighted by molar-refractivity contribution is 7.47. The Morgan fingerprint density at radius 3 is 1.72 bits per heavy atom. The normalized spacial score (nSPS) is 23.1. The Bertz CT molecular complexity index is 1660. The van der Waals surface area contributed by atoms with Crippen LogP contribution in [-0.2, 0) is 41.8 Å². The van der Waals surface area contributed by atoms with Crippen LogP contribution in [0.15, 0.2) is 85.1 Å². The van der Waals surface area contributed by atoms with E-state index in [1.807, 2.05) is 24.3 Å². The van der Waals surface area contributed by atoms with Crippen molar-refractivity contribution in [1.82, 2.24) is 0 Å². The Labute approximate surface area is 396 Å². The van der Waals surface area contributed by atoms with Crippen LogP contribution >= 0.6 is 15.6 Å². The van der Waals surface area contributed by atoms with Gasteiger partial charge in [0.05, 0.1) is 18.8 Å². The first-order chi connectivity index (χ1) is 31.9. The molecule has 384 valence electrons. The molecule has 9 N–H and O–H groups in total. The largest absolute Gasteiger partial charge is 0.472 e. The third kappa shape index (κ3) is 31.8. The van der Waals surface area contributed by atoms with Crippen LogP contribution in [0.25, 0.3) is 0 Å². The summed E-state index contributed by atoms with van der Waals surface area (Å²) in [5.74, 6) is -1.46. The van der Waals surface area contributed by atoms with Gasteiger partial charge in [-0.15, -0.1) is 0 Å². The topological polar surface area (TPSA) is 296 Å². The first-order valence-electron chi connectivity index (χ1n) is 23.3. The lowest BCUT2D eigenvalue weighted by Crippen LogP contribution is -2.64. The van der Waals surface area contributed by atoms with Crippen molar-refractivity contribution >= 4 is 27.6 Å². The molecule has 0 aromatic rings. The molecule has 1 aliphatic carbocycles. The molecule has 1 rings (SSSR count). The molecule has 0 amide bonds. The number of aliphatic hydroxyl groups excluding tert-OH is 6. The van der Waals surface area contributed by atoms with Gasteiger partial charge in [-0.2, -0.15) is 0 Å². The van der Waals surface area contributed by atoms with E-state index < -0.39 is 95.7 Å². The summed E-state index contributed by atoms with van der Waals surface area (Å²) in [5, 5.41) is 61.4. The van der Waals surface area contributed by atoms with Crippen LogP contribution in [0.4, 0.5) is 0 Å². The Morgan fingerprint density at radius 1 is 0.567 bits per heavy atom. The fourth-order valence-corrected chi connectivity index (χ4v) is 8.03. The number of carbonyl (C=O) groups is 2. The molecule has 0 bridgehead atoms. The van der Waals surface area contributed by atoms with Gasteiger partial charge in [0.1, 0.15) is 43.2 Å². The Kier molecular flexibility index (Phi) is 34.3. The van der Waals surface area contributed by atoms with Crippen LogP contribution in [-0.4, -0.2) is 125 Å². The average molecular weight is 993 g/mol. The second-order valence-corrected chi connectivity index (χ2v) is 18.7. The van der Waals surface area contributed by atoms with Crippen molar-refractivity contribution in [3.63, 3.8) is 0 Å². The minimum absolute atomic E-state index is 0.0298. The molecule has 0 aromatic carbocycles. The molecule has 1 saturated carbocycles. The summed E-state index contributed by atoms with van der Waals surface area (Å²) in [4.78, 5) is 54.3. The summed E-state index contributed by atoms with van der Waals surface area (Å²) in [5.41, 5.74) is 0. The standard InChI is InChI=1S/C47H78O18P2/c1-3-5-7-8-9-10-11-12-13-14-15-16-20-23-27-33-41(51)63-39(36-62-67(59,60)65-47-44(54)42(52)43(53)46(45(47)55)64-66(56,57)58)35-61-40(50)34-28-32-38(49)31-26-22-19-17-18-21-25-30-37(48)29-24-6-4-2/h5,7,9-10,12-13,18-19,21-22,25-26,30-31,37-39,42-49,52-55H,3-4,6,8,11,14-17,20,23-24,27-29,32-36H2,1-2H3,(H,59,60)(H2,56,57,58)/b7-5-,10-9-,13-12-,21-18-,22-19-,30-25+,31-26+/t37-,38-,39+,42?,43?,44?,45?,46+,47-/m0/s1. The summed E-state index contributed by atoms with van der Waals surface area (Å²) in [6.07, 6.45) is 23.2. The molecule has 20 heteroatoms. The molecular weight excluding hydrogens is 914 g/mol. The monoisotopic (exact) mass is 992 g/mol. The number of aliphatic hydroxyl groups is 6. The quantitative estimate of drug-likeness (QED) is 0.0105. The van der Waals surface area contributed by atoms with Crippen LogP contribution < -0.4 is 0 Å². The lowest BCUT2D eigenvalue weighted by atomic mass is 9.85. The molecule has 0 saturated heterocycles. The molecule has 1 aliphatic rings. The molecular formula is C47H78O18P2. The van der Waals surface area contributed by atoms with E-state index >= 15 is 0 Å². The minimum atomic E-state index is -5.40. The van der Waals surface area contributed by atoms with Crippen LogP contribution in [0.3, 0.4) is 0 Å². The number of phosphoric acid groups is 2. The van der Waals surface area contributed by atoms with Gasteiger partial charge in [-0.25, -0.2) is 9.13 Å². The van der Waals surface area contributed by atoms with Crippen molar-refractivity contribution in [2.45, 2.75) is 184 Å². The molecule has 18 nitrogen and oxygen atoms in total. The molecule has 67 heavy (non-hydrogen) atoms. The molecule has 10 atom stereocenters. The predicted octanol–water partition coefficient (Wildman–Crippen LogP) is 6.56. The predicted molar refractivity (Wildman–Crippen MR) is 253 cm³/mol. The van der Waals surface area contributed by atoms with Crippen LogP contribution in [0.2, 0.25) is 0 Å². The van der Waals surface area contributed by atoms with Crippen molar-refractivity contribution in [3.8, 4) is 0 Å². The smallest absolute Gasteiger partial charge is 0.462 e. The molecule has 0 aromatic heterocycles. The number of rotatable bonds is 37. The zero-order valence-electron chi connectivity index (χ0n) is 39.0. The van der Waals surface area contributed by atoms with Gasteiger partial charge in [-0.3, -0.25) is 23.2 Å². The Balaban J connectivity index is 2.72. The van der Waals surface area contributed by atoms with Gasteiger partial charge < -0.3 is 54.8 Å².